The lowest BCUT2D eigenvalue weighted by Crippen LogP contribution is -2.49. The molecule has 0 saturated carbocycles. The van der Waals surface area contributed by atoms with Crippen LogP contribution in [-0.4, -0.2) is 69.1 Å². The molecule has 0 bridgehead atoms. The van der Waals surface area contributed by atoms with Crippen LogP contribution in [0.25, 0.3) is 0 Å². The van der Waals surface area contributed by atoms with Gasteiger partial charge in [0.15, 0.2) is 0 Å². The maximum atomic E-state index is 13.1. The molecule has 3 rings (SSSR count). The summed E-state index contributed by atoms with van der Waals surface area (Å²) in [6, 6.07) is 5.67. The SMILES string of the molecule is Cc1nnnn1[C@H](Cc1ccc(F)cc1)C(=O)N1CCN(C)CC1. The van der Waals surface area contributed by atoms with Crippen molar-refractivity contribution in [3.05, 3.63) is 41.5 Å². The van der Waals surface area contributed by atoms with Crippen molar-refractivity contribution in [3.8, 4) is 0 Å². The summed E-state index contributed by atoms with van der Waals surface area (Å²) < 4.78 is 14.7. The highest BCUT2D eigenvalue weighted by Gasteiger charge is 2.30. The Morgan fingerprint density at radius 2 is 1.88 bits per heavy atom. The molecule has 1 aromatic carbocycles. The summed E-state index contributed by atoms with van der Waals surface area (Å²) in [5.41, 5.74) is 0.874. The number of aryl methyl sites for hydroxylation is 1. The Balaban J connectivity index is 1.83. The fourth-order valence-electron chi connectivity index (χ4n) is 2.89. The van der Waals surface area contributed by atoms with Gasteiger partial charge in [0.2, 0.25) is 5.91 Å². The second-order valence-electron chi connectivity index (χ2n) is 6.15. The first-order valence-electron chi connectivity index (χ1n) is 8.01. The number of halogens is 1. The van der Waals surface area contributed by atoms with Crippen LogP contribution in [0.15, 0.2) is 24.3 Å². The molecule has 128 valence electrons. The molecule has 2 aromatic rings. The molecule has 0 radical (unpaired) electrons. The van der Waals surface area contributed by atoms with Crippen molar-refractivity contribution in [2.24, 2.45) is 0 Å². The molecular formula is C16H21FN6O. The van der Waals surface area contributed by atoms with Gasteiger partial charge >= 0.3 is 0 Å². The number of benzene rings is 1. The number of carbonyl (C=O) groups is 1. The van der Waals surface area contributed by atoms with E-state index in [9.17, 15) is 9.18 Å². The lowest BCUT2D eigenvalue weighted by molar-refractivity contribution is -0.136. The van der Waals surface area contributed by atoms with Crippen molar-refractivity contribution in [2.75, 3.05) is 33.2 Å². The van der Waals surface area contributed by atoms with Crippen LogP contribution in [0.2, 0.25) is 0 Å². The van der Waals surface area contributed by atoms with E-state index in [1.165, 1.54) is 12.1 Å². The van der Waals surface area contributed by atoms with Gasteiger partial charge in [-0.1, -0.05) is 12.1 Å². The molecule has 0 N–H and O–H groups in total. The van der Waals surface area contributed by atoms with Crippen LogP contribution in [0, 0.1) is 12.7 Å². The number of piperazine rings is 1. The molecule has 8 heteroatoms. The largest absolute Gasteiger partial charge is 0.338 e. The number of carbonyl (C=O) groups excluding carboxylic acids is 1. The zero-order chi connectivity index (χ0) is 17.1. The van der Waals surface area contributed by atoms with E-state index in [0.717, 1.165) is 18.7 Å². The third kappa shape index (κ3) is 3.59. The average Bonchev–Trinajstić information content (AvgIpc) is 3.00. The van der Waals surface area contributed by atoms with Crippen LogP contribution in [0.5, 0.6) is 0 Å². The van der Waals surface area contributed by atoms with Crippen molar-refractivity contribution < 1.29 is 9.18 Å². The first kappa shape index (κ1) is 16.5. The van der Waals surface area contributed by atoms with E-state index >= 15 is 0 Å². The Bertz CT molecular complexity index is 693. The Kier molecular flexibility index (Phi) is 4.84. The van der Waals surface area contributed by atoms with Gasteiger partial charge in [-0.3, -0.25) is 4.79 Å². The highest BCUT2D eigenvalue weighted by molar-refractivity contribution is 5.81. The average molecular weight is 332 g/mol. The van der Waals surface area contributed by atoms with Crippen LogP contribution in [0.1, 0.15) is 17.4 Å². The summed E-state index contributed by atoms with van der Waals surface area (Å²) in [5.74, 6) is 0.298. The molecule has 0 spiro atoms. The number of likely N-dealkylation sites (N-methyl/N-ethyl adjacent to an activating group) is 1. The van der Waals surface area contributed by atoms with Gasteiger partial charge in [0.1, 0.15) is 17.7 Å². The van der Waals surface area contributed by atoms with Gasteiger partial charge in [-0.25, -0.2) is 9.07 Å². The summed E-state index contributed by atoms with van der Waals surface area (Å²) in [4.78, 5) is 17.1. The van der Waals surface area contributed by atoms with Gasteiger partial charge in [0, 0.05) is 32.6 Å². The Morgan fingerprint density at radius 3 is 2.46 bits per heavy atom. The smallest absolute Gasteiger partial charge is 0.248 e. The molecule has 7 nitrogen and oxygen atoms in total. The third-order valence-electron chi connectivity index (χ3n) is 4.39. The van der Waals surface area contributed by atoms with Crippen molar-refractivity contribution in [1.82, 2.24) is 30.0 Å². The second-order valence-corrected chi connectivity index (χ2v) is 6.15. The summed E-state index contributed by atoms with van der Waals surface area (Å²) in [6.07, 6.45) is 0.428. The van der Waals surface area contributed by atoms with Gasteiger partial charge < -0.3 is 9.80 Å². The Labute approximate surface area is 140 Å². The number of tetrazole rings is 1. The number of hydrogen-bond donors (Lipinski definition) is 0. The minimum atomic E-state index is -0.520. The minimum absolute atomic E-state index is 0.00262. The van der Waals surface area contributed by atoms with Crippen LogP contribution < -0.4 is 0 Å². The monoisotopic (exact) mass is 332 g/mol. The predicted molar refractivity (Wildman–Crippen MR) is 85.8 cm³/mol. The molecule has 1 aliphatic heterocycles. The molecule has 0 unspecified atom stereocenters. The fraction of sp³-hybridized carbons (Fsp3) is 0.500. The van der Waals surface area contributed by atoms with Gasteiger partial charge in [-0.2, -0.15) is 0 Å². The molecular weight excluding hydrogens is 311 g/mol. The van der Waals surface area contributed by atoms with Crippen LogP contribution >= 0.6 is 0 Å². The van der Waals surface area contributed by atoms with Gasteiger partial charge in [-0.05, 0) is 42.1 Å². The van der Waals surface area contributed by atoms with Crippen molar-refractivity contribution in [1.29, 1.82) is 0 Å². The summed E-state index contributed by atoms with van der Waals surface area (Å²) in [5, 5.41) is 11.5. The van der Waals surface area contributed by atoms with Gasteiger partial charge in [0.05, 0.1) is 0 Å². The van der Waals surface area contributed by atoms with Gasteiger partial charge in [0.25, 0.3) is 0 Å². The maximum Gasteiger partial charge on any atom is 0.248 e. The molecule has 2 heterocycles. The van der Waals surface area contributed by atoms with E-state index in [0.29, 0.717) is 25.3 Å². The van der Waals surface area contributed by atoms with Gasteiger partial charge in [-0.15, -0.1) is 5.10 Å². The van der Waals surface area contributed by atoms with E-state index in [4.69, 9.17) is 0 Å². The number of hydrogen-bond acceptors (Lipinski definition) is 5. The second kappa shape index (κ2) is 7.04. The first-order valence-corrected chi connectivity index (χ1v) is 8.01. The van der Waals surface area contributed by atoms with E-state index < -0.39 is 6.04 Å². The molecule has 1 aromatic heterocycles. The molecule has 1 aliphatic rings. The van der Waals surface area contributed by atoms with Crippen molar-refractivity contribution in [2.45, 2.75) is 19.4 Å². The quantitative estimate of drug-likeness (QED) is 0.824. The minimum Gasteiger partial charge on any atom is -0.338 e. The van der Waals surface area contributed by atoms with Crippen molar-refractivity contribution in [3.63, 3.8) is 0 Å². The Hall–Kier alpha value is -2.35. The normalized spacial score (nSPS) is 17.0. The lowest BCUT2D eigenvalue weighted by atomic mass is 10.0. The Morgan fingerprint density at radius 1 is 1.21 bits per heavy atom. The standard InChI is InChI=1S/C16H21FN6O/c1-12-18-19-20-23(12)15(11-13-3-5-14(17)6-4-13)16(24)22-9-7-21(2)8-10-22/h3-6,15H,7-11H2,1-2H3/t15-/m1/s1. The summed E-state index contributed by atoms with van der Waals surface area (Å²) in [6.45, 7) is 4.86. The van der Waals surface area contributed by atoms with Crippen LogP contribution in [0.3, 0.4) is 0 Å². The number of rotatable bonds is 4. The maximum absolute atomic E-state index is 13.1. The van der Waals surface area contributed by atoms with E-state index in [-0.39, 0.29) is 11.7 Å². The van der Waals surface area contributed by atoms with Crippen molar-refractivity contribution >= 4 is 5.91 Å². The van der Waals surface area contributed by atoms with E-state index in [1.54, 1.807) is 23.7 Å². The summed E-state index contributed by atoms with van der Waals surface area (Å²) >= 11 is 0. The number of nitrogens with zero attached hydrogens (tertiary/aromatic N) is 6. The summed E-state index contributed by atoms with van der Waals surface area (Å²) in [7, 11) is 2.04. The number of aromatic nitrogens is 4. The highest BCUT2D eigenvalue weighted by Crippen LogP contribution is 2.19. The molecule has 1 saturated heterocycles. The zero-order valence-electron chi connectivity index (χ0n) is 13.9. The molecule has 1 fully saturated rings. The zero-order valence-corrected chi connectivity index (χ0v) is 13.9. The van der Waals surface area contributed by atoms with Crippen LogP contribution in [0.4, 0.5) is 4.39 Å². The lowest BCUT2D eigenvalue weighted by Gasteiger charge is -2.34. The van der Waals surface area contributed by atoms with E-state index in [1.807, 2.05) is 11.9 Å². The molecule has 1 atom stereocenters. The van der Waals surface area contributed by atoms with Crippen LogP contribution in [-0.2, 0) is 11.2 Å². The predicted octanol–water partition coefficient (Wildman–Crippen LogP) is 0.678. The first-order chi connectivity index (χ1) is 11.5. The fourth-order valence-corrected chi connectivity index (χ4v) is 2.89. The number of amides is 1. The third-order valence-corrected chi connectivity index (χ3v) is 4.39. The molecule has 1 amide bonds. The molecule has 0 aliphatic carbocycles. The molecule has 24 heavy (non-hydrogen) atoms. The topological polar surface area (TPSA) is 67.2 Å². The highest BCUT2D eigenvalue weighted by atomic mass is 19.1. The van der Waals surface area contributed by atoms with E-state index in [2.05, 4.69) is 20.4 Å².